The number of thioether (sulfide) groups is 1. The first-order valence-corrected chi connectivity index (χ1v) is 8.52. The van der Waals surface area contributed by atoms with E-state index in [9.17, 15) is 0 Å². The SMILES string of the molecule is CC(C)CCCCCCN=C1NC(C(C)C)CS1. The molecular formula is C15H30N2S. The minimum Gasteiger partial charge on any atom is -0.361 e. The molecule has 1 fully saturated rings. The average molecular weight is 270 g/mol. The minimum atomic E-state index is 0.625. The number of rotatable bonds is 8. The van der Waals surface area contributed by atoms with Crippen molar-refractivity contribution >= 4 is 16.9 Å². The van der Waals surface area contributed by atoms with E-state index in [1.165, 1.54) is 43.0 Å². The largest absolute Gasteiger partial charge is 0.361 e. The van der Waals surface area contributed by atoms with Gasteiger partial charge < -0.3 is 5.32 Å². The Balaban J connectivity index is 2.01. The highest BCUT2D eigenvalue weighted by atomic mass is 32.2. The molecule has 0 amide bonds. The molecule has 1 rings (SSSR count). The first kappa shape index (κ1) is 15.9. The third kappa shape index (κ3) is 6.67. The maximum atomic E-state index is 4.66. The molecule has 3 heteroatoms. The second kappa shape index (κ2) is 8.84. The zero-order valence-corrected chi connectivity index (χ0v) is 13.4. The number of amidine groups is 1. The van der Waals surface area contributed by atoms with E-state index in [-0.39, 0.29) is 0 Å². The molecule has 1 heterocycles. The lowest BCUT2D eigenvalue weighted by Crippen LogP contribution is -2.31. The second-order valence-electron chi connectivity index (χ2n) is 6.09. The van der Waals surface area contributed by atoms with Gasteiger partial charge in [-0.25, -0.2) is 0 Å². The van der Waals surface area contributed by atoms with Crippen molar-refractivity contribution in [2.24, 2.45) is 16.8 Å². The fraction of sp³-hybridized carbons (Fsp3) is 0.933. The molecule has 0 aromatic heterocycles. The number of nitrogens with one attached hydrogen (secondary N) is 1. The monoisotopic (exact) mass is 270 g/mol. The van der Waals surface area contributed by atoms with E-state index in [1.54, 1.807) is 0 Å². The fourth-order valence-corrected chi connectivity index (χ4v) is 3.28. The molecule has 1 aliphatic heterocycles. The highest BCUT2D eigenvalue weighted by molar-refractivity contribution is 8.14. The maximum absolute atomic E-state index is 4.66. The third-order valence-electron chi connectivity index (χ3n) is 3.46. The topological polar surface area (TPSA) is 24.4 Å². The minimum absolute atomic E-state index is 0.625. The number of hydrogen-bond donors (Lipinski definition) is 1. The summed E-state index contributed by atoms with van der Waals surface area (Å²) in [5, 5.41) is 4.70. The molecule has 1 atom stereocenters. The maximum Gasteiger partial charge on any atom is 0.156 e. The van der Waals surface area contributed by atoms with Crippen LogP contribution in [0.1, 0.15) is 59.8 Å². The summed E-state index contributed by atoms with van der Waals surface area (Å²) in [6.07, 6.45) is 6.72. The molecule has 0 aromatic carbocycles. The summed E-state index contributed by atoms with van der Waals surface area (Å²) in [6, 6.07) is 0.625. The number of hydrogen-bond acceptors (Lipinski definition) is 2. The summed E-state index contributed by atoms with van der Waals surface area (Å²) < 4.78 is 0. The van der Waals surface area contributed by atoms with Gasteiger partial charge in [-0.1, -0.05) is 65.1 Å². The average Bonchev–Trinajstić information content (AvgIpc) is 2.76. The summed E-state index contributed by atoms with van der Waals surface area (Å²) in [5.41, 5.74) is 0. The van der Waals surface area contributed by atoms with Crippen LogP contribution in [-0.4, -0.2) is 23.5 Å². The summed E-state index contributed by atoms with van der Waals surface area (Å²) in [6.45, 7) is 10.2. The van der Waals surface area contributed by atoms with Crippen molar-refractivity contribution in [2.45, 2.75) is 65.8 Å². The van der Waals surface area contributed by atoms with Gasteiger partial charge in [0.15, 0.2) is 5.17 Å². The van der Waals surface area contributed by atoms with Crippen LogP contribution in [0.25, 0.3) is 0 Å². The van der Waals surface area contributed by atoms with E-state index in [0.717, 1.165) is 12.5 Å². The van der Waals surface area contributed by atoms with Gasteiger partial charge in [0.1, 0.15) is 0 Å². The van der Waals surface area contributed by atoms with Gasteiger partial charge in [0.05, 0.1) is 0 Å². The third-order valence-corrected chi connectivity index (χ3v) is 4.50. The van der Waals surface area contributed by atoms with Gasteiger partial charge in [0, 0.05) is 18.3 Å². The summed E-state index contributed by atoms with van der Waals surface area (Å²) in [4.78, 5) is 4.66. The van der Waals surface area contributed by atoms with Crippen molar-refractivity contribution < 1.29 is 0 Å². The molecule has 0 aromatic rings. The van der Waals surface area contributed by atoms with E-state index >= 15 is 0 Å². The Bertz CT molecular complexity index is 249. The lowest BCUT2D eigenvalue weighted by molar-refractivity contribution is 0.502. The summed E-state index contributed by atoms with van der Waals surface area (Å²) in [7, 11) is 0. The molecule has 0 spiro atoms. The molecule has 0 radical (unpaired) electrons. The molecule has 1 aliphatic rings. The van der Waals surface area contributed by atoms with Crippen LogP contribution in [0.3, 0.4) is 0 Å². The molecule has 106 valence electrons. The van der Waals surface area contributed by atoms with Crippen LogP contribution in [0.4, 0.5) is 0 Å². The first-order valence-electron chi connectivity index (χ1n) is 7.53. The van der Waals surface area contributed by atoms with Crippen LogP contribution < -0.4 is 5.32 Å². The smallest absolute Gasteiger partial charge is 0.156 e. The van der Waals surface area contributed by atoms with Crippen LogP contribution in [0.15, 0.2) is 4.99 Å². The number of unbranched alkanes of at least 4 members (excludes halogenated alkanes) is 3. The number of nitrogens with zero attached hydrogens (tertiary/aromatic N) is 1. The van der Waals surface area contributed by atoms with Crippen LogP contribution in [-0.2, 0) is 0 Å². The Morgan fingerprint density at radius 2 is 1.89 bits per heavy atom. The second-order valence-corrected chi connectivity index (χ2v) is 7.10. The highest BCUT2D eigenvalue weighted by Gasteiger charge is 2.22. The van der Waals surface area contributed by atoms with Crippen molar-refractivity contribution in [1.29, 1.82) is 0 Å². The Morgan fingerprint density at radius 1 is 1.17 bits per heavy atom. The Labute approximate surface area is 117 Å². The van der Waals surface area contributed by atoms with Gasteiger partial charge in [-0.2, -0.15) is 0 Å². The first-order chi connectivity index (χ1) is 8.59. The molecule has 2 nitrogen and oxygen atoms in total. The molecule has 18 heavy (non-hydrogen) atoms. The van der Waals surface area contributed by atoms with Crippen molar-refractivity contribution in [3.05, 3.63) is 0 Å². The summed E-state index contributed by atoms with van der Waals surface area (Å²) >= 11 is 1.89. The quantitative estimate of drug-likeness (QED) is 0.665. The Hall–Kier alpha value is -0.180. The van der Waals surface area contributed by atoms with Gasteiger partial charge in [0.2, 0.25) is 0 Å². The predicted octanol–water partition coefficient (Wildman–Crippen LogP) is 4.31. The van der Waals surface area contributed by atoms with Crippen molar-refractivity contribution in [3.63, 3.8) is 0 Å². The van der Waals surface area contributed by atoms with Gasteiger partial charge in [0.25, 0.3) is 0 Å². The van der Waals surface area contributed by atoms with Gasteiger partial charge in [-0.3, -0.25) is 4.99 Å². The van der Waals surface area contributed by atoms with Gasteiger partial charge in [-0.05, 0) is 18.3 Å². The highest BCUT2D eigenvalue weighted by Crippen LogP contribution is 2.19. The van der Waals surface area contributed by atoms with Crippen LogP contribution in [0, 0.1) is 11.8 Å². The van der Waals surface area contributed by atoms with Crippen LogP contribution >= 0.6 is 11.8 Å². The predicted molar refractivity (Wildman–Crippen MR) is 84.4 cm³/mol. The van der Waals surface area contributed by atoms with Crippen molar-refractivity contribution in [3.8, 4) is 0 Å². The lowest BCUT2D eigenvalue weighted by Gasteiger charge is -2.13. The molecule has 1 unspecified atom stereocenters. The molecular weight excluding hydrogens is 240 g/mol. The van der Waals surface area contributed by atoms with Gasteiger partial charge in [-0.15, -0.1) is 0 Å². The van der Waals surface area contributed by atoms with Gasteiger partial charge >= 0.3 is 0 Å². The van der Waals surface area contributed by atoms with Crippen LogP contribution in [0.5, 0.6) is 0 Å². The fourth-order valence-electron chi connectivity index (χ4n) is 2.06. The van der Waals surface area contributed by atoms with Crippen LogP contribution in [0.2, 0.25) is 0 Å². The van der Waals surface area contributed by atoms with E-state index in [2.05, 4.69) is 38.0 Å². The zero-order valence-electron chi connectivity index (χ0n) is 12.5. The van der Waals surface area contributed by atoms with E-state index < -0.39 is 0 Å². The van der Waals surface area contributed by atoms with E-state index in [4.69, 9.17) is 0 Å². The lowest BCUT2D eigenvalue weighted by atomic mass is 10.0. The molecule has 0 aliphatic carbocycles. The van der Waals surface area contributed by atoms with Crippen molar-refractivity contribution in [2.75, 3.05) is 12.3 Å². The summed E-state index contributed by atoms with van der Waals surface area (Å²) in [5.74, 6) is 2.75. The molecule has 1 saturated heterocycles. The molecule has 0 bridgehead atoms. The molecule has 1 N–H and O–H groups in total. The normalized spacial score (nSPS) is 22.1. The van der Waals surface area contributed by atoms with E-state index in [0.29, 0.717) is 12.0 Å². The Morgan fingerprint density at radius 3 is 2.50 bits per heavy atom. The zero-order chi connectivity index (χ0) is 13.4. The molecule has 0 saturated carbocycles. The van der Waals surface area contributed by atoms with Crippen molar-refractivity contribution in [1.82, 2.24) is 5.32 Å². The van der Waals surface area contributed by atoms with E-state index in [1.807, 2.05) is 11.8 Å². The Kier molecular flexibility index (Phi) is 7.80. The number of aliphatic imine (C=N–C) groups is 1. The standard InChI is InChI=1S/C15H30N2S/c1-12(2)9-7-5-6-8-10-16-15-17-14(11-18-15)13(3)4/h12-14H,5-11H2,1-4H3,(H,16,17).